The van der Waals surface area contributed by atoms with Crippen LogP contribution in [0.15, 0.2) is 27.1 Å². The highest BCUT2D eigenvalue weighted by atomic mass is 79.9. The molecule has 0 aliphatic rings. The molecule has 0 fully saturated rings. The summed E-state index contributed by atoms with van der Waals surface area (Å²) < 4.78 is 1.60. The van der Waals surface area contributed by atoms with Crippen LogP contribution < -0.4 is 11.1 Å². The average molecular weight is 352 g/mol. The monoisotopic (exact) mass is 350 g/mol. The number of carbonyl (C=O) groups excluding carboxylic acids is 1. The van der Waals surface area contributed by atoms with E-state index < -0.39 is 0 Å². The number of hydrogen-bond acceptors (Lipinski definition) is 2. The zero-order valence-corrected chi connectivity index (χ0v) is 11.6. The Bertz CT molecular complexity index is 389. The maximum absolute atomic E-state index is 11.4. The van der Waals surface area contributed by atoms with Gasteiger partial charge in [0.2, 0.25) is 5.91 Å². The molecule has 0 bridgehead atoms. The van der Waals surface area contributed by atoms with Crippen molar-refractivity contribution < 1.29 is 4.79 Å². The number of thiocarbonyl (C=S) groups is 1. The van der Waals surface area contributed by atoms with E-state index >= 15 is 0 Å². The third-order valence-electron chi connectivity index (χ3n) is 1.56. The first-order valence-electron chi connectivity index (χ1n) is 4.03. The molecule has 0 saturated heterocycles. The van der Waals surface area contributed by atoms with Gasteiger partial charge in [-0.15, -0.1) is 0 Å². The first kappa shape index (κ1) is 12.6. The fourth-order valence-electron chi connectivity index (χ4n) is 0.959. The van der Waals surface area contributed by atoms with E-state index in [0.717, 1.165) is 8.95 Å². The Balaban J connectivity index is 2.80. The summed E-state index contributed by atoms with van der Waals surface area (Å²) in [5, 5.41) is 2.71. The Labute approximate surface area is 110 Å². The van der Waals surface area contributed by atoms with Gasteiger partial charge in [0.05, 0.1) is 17.1 Å². The minimum atomic E-state index is -0.227. The summed E-state index contributed by atoms with van der Waals surface area (Å²) in [7, 11) is 0. The normalized spacial score (nSPS) is 9.73. The maximum Gasteiger partial charge on any atom is 0.231 e. The SMILES string of the molecule is NC(=S)CC(=O)Nc1c(Br)cccc1Br. The van der Waals surface area contributed by atoms with E-state index in [2.05, 4.69) is 49.4 Å². The van der Waals surface area contributed by atoms with Crippen LogP contribution in [0.5, 0.6) is 0 Å². The van der Waals surface area contributed by atoms with Crippen molar-refractivity contribution in [1.29, 1.82) is 0 Å². The fourth-order valence-corrected chi connectivity index (χ4v) is 2.29. The highest BCUT2D eigenvalue weighted by molar-refractivity contribution is 9.11. The third kappa shape index (κ3) is 3.89. The topological polar surface area (TPSA) is 55.1 Å². The molecular formula is C9H8Br2N2OS. The molecule has 0 atom stereocenters. The molecular weight excluding hydrogens is 344 g/mol. The van der Waals surface area contributed by atoms with Crippen molar-refractivity contribution in [2.75, 3.05) is 5.32 Å². The van der Waals surface area contributed by atoms with Gasteiger partial charge in [-0.3, -0.25) is 4.79 Å². The minimum Gasteiger partial charge on any atom is -0.393 e. The van der Waals surface area contributed by atoms with Crippen LogP contribution >= 0.6 is 44.1 Å². The zero-order chi connectivity index (χ0) is 11.4. The molecule has 1 aromatic carbocycles. The number of amides is 1. The molecule has 0 spiro atoms. The van der Waals surface area contributed by atoms with Crippen LogP contribution in [0.1, 0.15) is 6.42 Å². The van der Waals surface area contributed by atoms with E-state index in [1.807, 2.05) is 18.2 Å². The first-order chi connectivity index (χ1) is 7.00. The largest absolute Gasteiger partial charge is 0.393 e. The molecule has 6 heteroatoms. The highest BCUT2D eigenvalue weighted by Gasteiger charge is 2.09. The number of nitrogens with one attached hydrogen (secondary N) is 1. The van der Waals surface area contributed by atoms with Gasteiger partial charge < -0.3 is 11.1 Å². The summed E-state index contributed by atoms with van der Waals surface area (Å²) in [6, 6.07) is 5.53. The van der Waals surface area contributed by atoms with E-state index in [1.54, 1.807) is 0 Å². The Morgan fingerprint density at radius 2 is 1.93 bits per heavy atom. The second-order valence-corrected chi connectivity index (χ2v) is 5.02. The summed E-state index contributed by atoms with van der Waals surface area (Å²) in [4.78, 5) is 11.6. The highest BCUT2D eigenvalue weighted by Crippen LogP contribution is 2.30. The summed E-state index contributed by atoms with van der Waals surface area (Å²) in [5.41, 5.74) is 5.95. The molecule has 1 amide bonds. The van der Waals surface area contributed by atoms with E-state index in [9.17, 15) is 4.79 Å². The van der Waals surface area contributed by atoms with Crippen molar-refractivity contribution in [2.45, 2.75) is 6.42 Å². The number of halogens is 2. The van der Waals surface area contributed by atoms with Crippen LogP contribution in [-0.4, -0.2) is 10.9 Å². The molecule has 0 aromatic heterocycles. The second-order valence-electron chi connectivity index (χ2n) is 2.79. The lowest BCUT2D eigenvalue weighted by Crippen LogP contribution is -2.20. The lowest BCUT2D eigenvalue weighted by molar-refractivity contribution is -0.115. The molecule has 1 rings (SSSR count). The van der Waals surface area contributed by atoms with Gasteiger partial charge in [0.15, 0.2) is 0 Å². The van der Waals surface area contributed by atoms with Gasteiger partial charge in [-0.2, -0.15) is 0 Å². The minimum absolute atomic E-state index is 0.0447. The third-order valence-corrected chi connectivity index (χ3v) is 3.03. The van der Waals surface area contributed by atoms with Crippen LogP contribution in [0.25, 0.3) is 0 Å². The molecule has 0 saturated carbocycles. The van der Waals surface area contributed by atoms with Crippen LogP contribution in [0.4, 0.5) is 5.69 Å². The Morgan fingerprint density at radius 1 is 1.40 bits per heavy atom. The molecule has 0 radical (unpaired) electrons. The Hall–Kier alpha value is -0.460. The van der Waals surface area contributed by atoms with Gasteiger partial charge in [-0.25, -0.2) is 0 Å². The van der Waals surface area contributed by atoms with E-state index in [4.69, 9.17) is 5.73 Å². The van der Waals surface area contributed by atoms with Gasteiger partial charge in [-0.1, -0.05) is 18.3 Å². The summed E-state index contributed by atoms with van der Waals surface area (Å²) in [6.45, 7) is 0. The first-order valence-corrected chi connectivity index (χ1v) is 6.02. The molecule has 80 valence electrons. The van der Waals surface area contributed by atoms with Crippen molar-refractivity contribution in [3.05, 3.63) is 27.1 Å². The van der Waals surface area contributed by atoms with E-state index in [-0.39, 0.29) is 17.3 Å². The quantitative estimate of drug-likeness (QED) is 0.823. The Morgan fingerprint density at radius 3 is 2.40 bits per heavy atom. The van der Waals surface area contributed by atoms with Crippen LogP contribution in [0, 0.1) is 0 Å². The van der Waals surface area contributed by atoms with Crippen molar-refractivity contribution in [3.8, 4) is 0 Å². The average Bonchev–Trinajstić information content (AvgIpc) is 2.10. The van der Waals surface area contributed by atoms with Gasteiger partial charge >= 0.3 is 0 Å². The Kier molecular flexibility index (Phi) is 4.69. The summed E-state index contributed by atoms with van der Waals surface area (Å²) in [6.07, 6.45) is 0.0447. The molecule has 1 aromatic rings. The van der Waals surface area contributed by atoms with Gasteiger partial charge in [0.25, 0.3) is 0 Å². The van der Waals surface area contributed by atoms with Crippen LogP contribution in [-0.2, 0) is 4.79 Å². The zero-order valence-electron chi connectivity index (χ0n) is 7.59. The maximum atomic E-state index is 11.4. The molecule has 0 aliphatic heterocycles. The molecule has 0 aliphatic carbocycles. The van der Waals surface area contributed by atoms with Crippen molar-refractivity contribution in [1.82, 2.24) is 0 Å². The van der Waals surface area contributed by atoms with Crippen LogP contribution in [0.2, 0.25) is 0 Å². The summed E-state index contributed by atoms with van der Waals surface area (Å²) in [5.74, 6) is -0.227. The smallest absolute Gasteiger partial charge is 0.231 e. The second kappa shape index (κ2) is 5.58. The lowest BCUT2D eigenvalue weighted by Gasteiger charge is -2.08. The predicted octanol–water partition coefficient (Wildman–Crippen LogP) is 2.83. The van der Waals surface area contributed by atoms with Gasteiger partial charge in [0, 0.05) is 8.95 Å². The van der Waals surface area contributed by atoms with Crippen molar-refractivity contribution in [2.24, 2.45) is 5.73 Å². The van der Waals surface area contributed by atoms with E-state index in [0.29, 0.717) is 5.69 Å². The molecule has 15 heavy (non-hydrogen) atoms. The van der Waals surface area contributed by atoms with Gasteiger partial charge in [-0.05, 0) is 44.0 Å². The lowest BCUT2D eigenvalue weighted by atomic mass is 10.3. The van der Waals surface area contributed by atoms with Gasteiger partial charge in [0.1, 0.15) is 0 Å². The standard InChI is InChI=1S/C9H8Br2N2OS/c10-5-2-1-3-6(11)9(5)13-8(14)4-7(12)15/h1-3H,4H2,(H2,12,15)(H,13,14). The molecule has 0 unspecified atom stereocenters. The number of benzene rings is 1. The number of nitrogens with two attached hydrogens (primary N) is 1. The number of rotatable bonds is 3. The predicted molar refractivity (Wildman–Crippen MR) is 71.9 cm³/mol. The number of para-hydroxylation sites is 1. The number of carbonyl (C=O) groups is 1. The molecule has 0 heterocycles. The molecule has 3 nitrogen and oxygen atoms in total. The summed E-state index contributed by atoms with van der Waals surface area (Å²) >= 11 is 11.3. The molecule has 3 N–H and O–H groups in total. The van der Waals surface area contributed by atoms with Crippen molar-refractivity contribution in [3.63, 3.8) is 0 Å². The van der Waals surface area contributed by atoms with E-state index in [1.165, 1.54) is 0 Å². The van der Waals surface area contributed by atoms with Crippen LogP contribution in [0.3, 0.4) is 0 Å². The fraction of sp³-hybridized carbons (Fsp3) is 0.111. The number of anilines is 1. The van der Waals surface area contributed by atoms with Crippen molar-refractivity contribution >= 4 is 60.7 Å². The number of hydrogen-bond donors (Lipinski definition) is 2.